The zero-order valence-electron chi connectivity index (χ0n) is 16.2. The lowest BCUT2D eigenvalue weighted by Gasteiger charge is -2.36. The molecule has 2 rings (SSSR count). The first-order valence-corrected chi connectivity index (χ1v) is 12.3. The average molecular weight is 360 g/mol. The number of aromatic nitrogens is 1. The van der Waals surface area contributed by atoms with E-state index in [0.717, 1.165) is 24.5 Å². The van der Waals surface area contributed by atoms with E-state index in [1.807, 2.05) is 39.1 Å². The third kappa shape index (κ3) is 6.43. The predicted molar refractivity (Wildman–Crippen MR) is 104 cm³/mol. The molecule has 1 amide bonds. The molecule has 6 heteroatoms. The average Bonchev–Trinajstić information content (AvgIpc) is 2.51. The molecule has 25 heavy (non-hydrogen) atoms. The van der Waals surface area contributed by atoms with E-state index in [-0.39, 0.29) is 6.09 Å². The van der Waals surface area contributed by atoms with Crippen LogP contribution in [0.3, 0.4) is 0 Å². The van der Waals surface area contributed by atoms with E-state index in [2.05, 4.69) is 41.0 Å². The van der Waals surface area contributed by atoms with Gasteiger partial charge in [0.25, 0.3) is 0 Å². The maximum atomic E-state index is 12.1. The van der Waals surface area contributed by atoms with Gasteiger partial charge in [0, 0.05) is 37.9 Å². The molecule has 0 unspecified atom stereocenters. The van der Waals surface area contributed by atoms with Gasteiger partial charge in [-0.05, 0) is 32.9 Å². The van der Waals surface area contributed by atoms with Crippen molar-refractivity contribution in [3.05, 3.63) is 23.9 Å². The second-order valence-corrected chi connectivity index (χ2v) is 13.1. The molecule has 1 aliphatic rings. The second-order valence-electron chi connectivity index (χ2n) is 8.36. The number of carbonyl (C=O) groups excluding carboxylic acids is 1. The zero-order chi connectivity index (χ0) is 18.7. The Morgan fingerprint density at radius 3 is 2.28 bits per heavy atom. The lowest BCUT2D eigenvalue weighted by atomic mass is 10.2. The van der Waals surface area contributed by atoms with Crippen LogP contribution in [0.1, 0.15) is 26.3 Å². The summed E-state index contributed by atoms with van der Waals surface area (Å²) < 4.78 is 5.43. The lowest BCUT2D eigenvalue weighted by molar-refractivity contribution is 0.0240. The Labute approximate surface area is 152 Å². The minimum atomic E-state index is -1.37. The van der Waals surface area contributed by atoms with Gasteiger partial charge in [-0.2, -0.15) is 0 Å². The number of pyridine rings is 1. The van der Waals surface area contributed by atoms with E-state index in [1.54, 1.807) is 4.90 Å². The standard InChI is InChI=1S/C19H29N3O2Si/c1-19(2,3)24-18(23)22-12-10-21(11-13-22)17-8-7-16(15-20-17)9-14-25(4,5)6/h7-8,15H,10-13H2,1-6H3. The van der Waals surface area contributed by atoms with Crippen molar-refractivity contribution in [1.82, 2.24) is 9.88 Å². The Morgan fingerprint density at radius 2 is 1.80 bits per heavy atom. The molecule has 1 saturated heterocycles. The van der Waals surface area contributed by atoms with Gasteiger partial charge in [-0.1, -0.05) is 25.6 Å². The highest BCUT2D eigenvalue weighted by atomic mass is 28.3. The minimum absolute atomic E-state index is 0.239. The number of hydrogen-bond acceptors (Lipinski definition) is 4. The van der Waals surface area contributed by atoms with Crippen LogP contribution in [-0.2, 0) is 4.74 Å². The Morgan fingerprint density at radius 1 is 1.16 bits per heavy atom. The van der Waals surface area contributed by atoms with Gasteiger partial charge in [-0.15, -0.1) is 5.54 Å². The molecule has 1 fully saturated rings. The summed E-state index contributed by atoms with van der Waals surface area (Å²) in [5.41, 5.74) is 3.85. The summed E-state index contributed by atoms with van der Waals surface area (Å²) >= 11 is 0. The maximum Gasteiger partial charge on any atom is 0.410 e. The molecule has 0 spiro atoms. The number of nitrogens with zero attached hydrogens (tertiary/aromatic N) is 3. The van der Waals surface area contributed by atoms with Gasteiger partial charge in [0.05, 0.1) is 0 Å². The van der Waals surface area contributed by atoms with Crippen molar-refractivity contribution < 1.29 is 9.53 Å². The first kappa shape index (κ1) is 19.3. The van der Waals surface area contributed by atoms with Crippen LogP contribution in [0.5, 0.6) is 0 Å². The van der Waals surface area contributed by atoms with Gasteiger partial charge >= 0.3 is 6.09 Å². The molecule has 0 N–H and O–H groups in total. The number of carbonyl (C=O) groups is 1. The molecule has 0 atom stereocenters. The van der Waals surface area contributed by atoms with Crippen molar-refractivity contribution in [2.45, 2.75) is 46.0 Å². The highest BCUT2D eigenvalue weighted by Crippen LogP contribution is 2.16. The summed E-state index contributed by atoms with van der Waals surface area (Å²) in [5, 5.41) is 0. The number of anilines is 1. The topological polar surface area (TPSA) is 45.7 Å². The van der Waals surface area contributed by atoms with Crippen LogP contribution in [0.2, 0.25) is 19.6 Å². The fraction of sp³-hybridized carbons (Fsp3) is 0.579. The van der Waals surface area contributed by atoms with Crippen molar-refractivity contribution in [2.75, 3.05) is 31.1 Å². The van der Waals surface area contributed by atoms with Crippen LogP contribution in [0, 0.1) is 11.5 Å². The van der Waals surface area contributed by atoms with Crippen molar-refractivity contribution in [3.63, 3.8) is 0 Å². The highest BCUT2D eigenvalue weighted by molar-refractivity contribution is 6.83. The fourth-order valence-corrected chi connectivity index (χ4v) is 2.87. The van der Waals surface area contributed by atoms with Gasteiger partial charge in [0.2, 0.25) is 0 Å². The van der Waals surface area contributed by atoms with Gasteiger partial charge in [-0.3, -0.25) is 0 Å². The maximum absolute atomic E-state index is 12.1. The van der Waals surface area contributed by atoms with Crippen LogP contribution < -0.4 is 4.90 Å². The molecule has 0 saturated carbocycles. The lowest BCUT2D eigenvalue weighted by Crippen LogP contribution is -2.50. The van der Waals surface area contributed by atoms with E-state index in [9.17, 15) is 4.79 Å². The fourth-order valence-electron chi connectivity index (χ4n) is 2.35. The van der Waals surface area contributed by atoms with Crippen LogP contribution in [0.15, 0.2) is 18.3 Å². The molecule has 0 aliphatic carbocycles. The Balaban J connectivity index is 1.92. The number of piperazine rings is 1. The van der Waals surface area contributed by atoms with Gasteiger partial charge < -0.3 is 14.5 Å². The SMILES string of the molecule is CC(C)(C)OC(=O)N1CCN(c2ccc(C#C[Si](C)(C)C)cn2)CC1. The van der Waals surface area contributed by atoms with Crippen molar-refractivity contribution in [1.29, 1.82) is 0 Å². The number of rotatable bonds is 1. The molecule has 1 aromatic rings. The van der Waals surface area contributed by atoms with E-state index < -0.39 is 13.7 Å². The van der Waals surface area contributed by atoms with Gasteiger partial charge in [-0.25, -0.2) is 9.78 Å². The van der Waals surface area contributed by atoms with E-state index in [1.165, 1.54) is 0 Å². The van der Waals surface area contributed by atoms with Crippen LogP contribution in [0.4, 0.5) is 10.6 Å². The second kappa shape index (κ2) is 7.48. The molecule has 136 valence electrons. The van der Waals surface area contributed by atoms with Crippen LogP contribution in [-0.4, -0.2) is 55.8 Å². The summed E-state index contributed by atoms with van der Waals surface area (Å²) in [5.74, 6) is 4.15. The van der Waals surface area contributed by atoms with Crippen LogP contribution in [0.25, 0.3) is 0 Å². The molecule has 0 radical (unpaired) electrons. The summed E-state index contributed by atoms with van der Waals surface area (Å²) in [4.78, 5) is 20.6. The summed E-state index contributed by atoms with van der Waals surface area (Å²) in [6, 6.07) is 4.03. The Hall–Kier alpha value is -2.00. The first-order chi connectivity index (χ1) is 11.5. The zero-order valence-corrected chi connectivity index (χ0v) is 17.2. The summed E-state index contributed by atoms with van der Waals surface area (Å²) in [6.07, 6.45) is 1.60. The largest absolute Gasteiger partial charge is 0.444 e. The number of amides is 1. The highest BCUT2D eigenvalue weighted by Gasteiger charge is 2.26. The molecule has 1 aliphatic heterocycles. The molecule has 0 bridgehead atoms. The summed E-state index contributed by atoms with van der Waals surface area (Å²) in [6.45, 7) is 15.1. The van der Waals surface area contributed by atoms with E-state index >= 15 is 0 Å². The van der Waals surface area contributed by atoms with E-state index in [0.29, 0.717) is 13.1 Å². The van der Waals surface area contributed by atoms with Crippen molar-refractivity contribution in [2.24, 2.45) is 0 Å². The van der Waals surface area contributed by atoms with Crippen molar-refractivity contribution >= 4 is 20.0 Å². The number of hydrogen-bond donors (Lipinski definition) is 0. The first-order valence-electron chi connectivity index (χ1n) is 8.76. The Bertz CT molecular complexity index is 655. The molecular weight excluding hydrogens is 330 g/mol. The number of ether oxygens (including phenoxy) is 1. The van der Waals surface area contributed by atoms with Crippen LogP contribution >= 0.6 is 0 Å². The molecule has 0 aromatic carbocycles. The smallest absolute Gasteiger partial charge is 0.410 e. The molecule has 2 heterocycles. The molecule has 1 aromatic heterocycles. The Kier molecular flexibility index (Phi) is 5.78. The van der Waals surface area contributed by atoms with Gasteiger partial charge in [0.1, 0.15) is 19.5 Å². The normalized spacial score (nSPS) is 15.4. The minimum Gasteiger partial charge on any atom is -0.444 e. The monoisotopic (exact) mass is 359 g/mol. The van der Waals surface area contributed by atoms with E-state index in [4.69, 9.17) is 4.74 Å². The van der Waals surface area contributed by atoms with Crippen molar-refractivity contribution in [3.8, 4) is 11.5 Å². The third-order valence-electron chi connectivity index (χ3n) is 3.59. The predicted octanol–water partition coefficient (Wildman–Crippen LogP) is 3.37. The molecule has 5 nitrogen and oxygen atoms in total. The third-order valence-corrected chi connectivity index (χ3v) is 4.46. The van der Waals surface area contributed by atoms with Gasteiger partial charge in [0.15, 0.2) is 0 Å². The summed E-state index contributed by atoms with van der Waals surface area (Å²) in [7, 11) is -1.37. The molecular formula is C19H29N3O2Si. The quantitative estimate of drug-likeness (QED) is 0.570.